The fraction of sp³-hybridized carbons (Fsp3) is 0.526. The van der Waals surface area contributed by atoms with E-state index in [4.69, 9.17) is 4.42 Å². The number of nitrogens with zero attached hydrogens (tertiary/aromatic N) is 4. The summed E-state index contributed by atoms with van der Waals surface area (Å²) >= 11 is 0. The van der Waals surface area contributed by atoms with Gasteiger partial charge in [0, 0.05) is 57.4 Å². The molecule has 152 valence electrons. The lowest BCUT2D eigenvalue weighted by atomic mass is 10.1. The summed E-state index contributed by atoms with van der Waals surface area (Å²) in [5, 5.41) is 8.10. The van der Waals surface area contributed by atoms with Gasteiger partial charge in [0.05, 0.1) is 5.75 Å². The maximum atomic E-state index is 12.4. The normalized spacial score (nSPS) is 15.7. The number of carbonyl (C=O) groups excluding carboxylic acids is 1. The Bertz CT molecular complexity index is 900. The van der Waals surface area contributed by atoms with Crippen LogP contribution in [-0.2, 0) is 21.1 Å². The molecule has 0 aliphatic carbocycles. The van der Waals surface area contributed by atoms with Gasteiger partial charge >= 0.3 is 0 Å². The summed E-state index contributed by atoms with van der Waals surface area (Å²) in [7, 11) is -2.96. The van der Waals surface area contributed by atoms with Gasteiger partial charge in [-0.25, -0.2) is 8.42 Å². The molecule has 2 heterocycles. The van der Waals surface area contributed by atoms with Crippen LogP contribution in [-0.4, -0.2) is 79.1 Å². The molecule has 1 aliphatic heterocycles. The molecular weight excluding hydrogens is 380 g/mol. The number of benzene rings is 1. The molecule has 9 heteroatoms. The fourth-order valence-corrected chi connectivity index (χ4v) is 3.65. The minimum absolute atomic E-state index is 0.0536. The summed E-state index contributed by atoms with van der Waals surface area (Å²) in [6.07, 6.45) is 1.97. The Labute approximate surface area is 165 Å². The zero-order chi connectivity index (χ0) is 20.1. The van der Waals surface area contributed by atoms with Gasteiger partial charge in [0.1, 0.15) is 9.84 Å². The molecule has 0 saturated carbocycles. The number of aromatic nitrogens is 2. The van der Waals surface area contributed by atoms with Crippen molar-refractivity contribution in [2.75, 3.05) is 44.7 Å². The Balaban J connectivity index is 1.44. The smallest absolute Gasteiger partial charge is 0.247 e. The van der Waals surface area contributed by atoms with Crippen molar-refractivity contribution in [3.8, 4) is 11.5 Å². The highest BCUT2D eigenvalue weighted by molar-refractivity contribution is 7.90. The van der Waals surface area contributed by atoms with Gasteiger partial charge in [0.15, 0.2) is 0 Å². The van der Waals surface area contributed by atoms with Gasteiger partial charge in [0.2, 0.25) is 17.7 Å². The first-order valence-electron chi connectivity index (χ1n) is 9.37. The van der Waals surface area contributed by atoms with Crippen molar-refractivity contribution in [1.82, 2.24) is 20.0 Å². The minimum Gasteiger partial charge on any atom is -0.421 e. The molecule has 0 spiro atoms. The molecule has 0 N–H and O–H groups in total. The zero-order valence-electron chi connectivity index (χ0n) is 16.3. The van der Waals surface area contributed by atoms with Gasteiger partial charge in [0.25, 0.3) is 0 Å². The first-order valence-corrected chi connectivity index (χ1v) is 11.4. The molecule has 2 aromatic rings. The summed E-state index contributed by atoms with van der Waals surface area (Å²) < 4.78 is 28.2. The summed E-state index contributed by atoms with van der Waals surface area (Å²) in [6, 6.07) is 7.83. The van der Waals surface area contributed by atoms with E-state index in [0.717, 1.165) is 11.1 Å². The summed E-state index contributed by atoms with van der Waals surface area (Å²) in [4.78, 5) is 16.3. The molecular formula is C19H26N4O4S. The third-order valence-corrected chi connectivity index (χ3v) is 5.75. The fourth-order valence-electron chi connectivity index (χ4n) is 3.06. The second-order valence-electron chi connectivity index (χ2n) is 7.22. The Kier molecular flexibility index (Phi) is 6.46. The molecule has 0 bridgehead atoms. The van der Waals surface area contributed by atoms with Gasteiger partial charge in [-0.3, -0.25) is 9.69 Å². The van der Waals surface area contributed by atoms with Crippen molar-refractivity contribution in [1.29, 1.82) is 0 Å². The van der Waals surface area contributed by atoms with Crippen LogP contribution < -0.4 is 0 Å². The van der Waals surface area contributed by atoms with Crippen LogP contribution in [0.4, 0.5) is 0 Å². The van der Waals surface area contributed by atoms with Crippen LogP contribution in [0.1, 0.15) is 17.9 Å². The lowest BCUT2D eigenvalue weighted by Gasteiger charge is -2.34. The monoisotopic (exact) mass is 406 g/mol. The van der Waals surface area contributed by atoms with Crippen LogP contribution in [0.25, 0.3) is 11.5 Å². The molecule has 28 heavy (non-hydrogen) atoms. The van der Waals surface area contributed by atoms with Crippen molar-refractivity contribution >= 4 is 15.7 Å². The second-order valence-corrected chi connectivity index (χ2v) is 9.48. The van der Waals surface area contributed by atoms with Crippen LogP contribution in [0, 0.1) is 6.92 Å². The SMILES string of the molecule is Cc1ccc(-c2nnc(CCC(=O)N3CCN(CCS(C)(=O)=O)CC3)o2)cc1. The van der Waals surface area contributed by atoms with E-state index in [-0.39, 0.29) is 11.7 Å². The molecule has 0 atom stereocenters. The Morgan fingerprint density at radius 1 is 1.11 bits per heavy atom. The van der Waals surface area contributed by atoms with E-state index in [1.165, 1.54) is 6.26 Å². The van der Waals surface area contributed by atoms with Gasteiger partial charge < -0.3 is 9.32 Å². The summed E-state index contributed by atoms with van der Waals surface area (Å²) in [5.41, 5.74) is 2.02. The highest BCUT2D eigenvalue weighted by Crippen LogP contribution is 2.19. The predicted molar refractivity (Wildman–Crippen MR) is 106 cm³/mol. The van der Waals surface area contributed by atoms with E-state index in [9.17, 15) is 13.2 Å². The average molecular weight is 407 g/mol. The summed E-state index contributed by atoms with van der Waals surface area (Å²) in [6.45, 7) is 5.14. The van der Waals surface area contributed by atoms with E-state index in [0.29, 0.717) is 57.3 Å². The highest BCUT2D eigenvalue weighted by atomic mass is 32.2. The molecule has 1 aromatic heterocycles. The zero-order valence-corrected chi connectivity index (χ0v) is 17.1. The molecule has 8 nitrogen and oxygen atoms in total. The maximum absolute atomic E-state index is 12.4. The molecule has 1 aromatic carbocycles. The number of aryl methyl sites for hydroxylation is 2. The van der Waals surface area contributed by atoms with Gasteiger partial charge in [-0.2, -0.15) is 0 Å². The first-order chi connectivity index (χ1) is 13.3. The van der Waals surface area contributed by atoms with Gasteiger partial charge in [-0.15, -0.1) is 10.2 Å². The van der Waals surface area contributed by atoms with E-state index in [2.05, 4.69) is 15.1 Å². The Hall–Kier alpha value is -2.26. The summed E-state index contributed by atoms with van der Waals surface area (Å²) in [5.74, 6) is 1.12. The molecule has 1 aliphatic rings. The topological polar surface area (TPSA) is 96.6 Å². The quantitative estimate of drug-likeness (QED) is 0.681. The van der Waals surface area contributed by atoms with E-state index in [1.807, 2.05) is 36.1 Å². The van der Waals surface area contributed by atoms with E-state index >= 15 is 0 Å². The Morgan fingerprint density at radius 3 is 2.43 bits per heavy atom. The third kappa shape index (κ3) is 5.87. The largest absolute Gasteiger partial charge is 0.421 e. The van der Waals surface area contributed by atoms with Gasteiger partial charge in [-0.1, -0.05) is 17.7 Å². The highest BCUT2D eigenvalue weighted by Gasteiger charge is 2.22. The number of hydrogen-bond acceptors (Lipinski definition) is 7. The number of amides is 1. The molecule has 0 radical (unpaired) electrons. The van der Waals surface area contributed by atoms with Crippen molar-refractivity contribution in [3.05, 3.63) is 35.7 Å². The number of piperazine rings is 1. The van der Waals surface area contributed by atoms with Crippen molar-refractivity contribution in [2.24, 2.45) is 0 Å². The van der Waals surface area contributed by atoms with Gasteiger partial charge in [-0.05, 0) is 19.1 Å². The van der Waals surface area contributed by atoms with Crippen LogP contribution in [0.15, 0.2) is 28.7 Å². The van der Waals surface area contributed by atoms with E-state index in [1.54, 1.807) is 0 Å². The number of sulfone groups is 1. The van der Waals surface area contributed by atoms with Crippen LogP contribution >= 0.6 is 0 Å². The number of carbonyl (C=O) groups is 1. The molecule has 0 unspecified atom stereocenters. The average Bonchev–Trinajstić information content (AvgIpc) is 3.14. The van der Waals surface area contributed by atoms with Crippen LogP contribution in [0.2, 0.25) is 0 Å². The first kappa shape index (κ1) is 20.5. The third-order valence-electron chi connectivity index (χ3n) is 4.82. The number of hydrogen-bond donors (Lipinski definition) is 0. The van der Waals surface area contributed by atoms with Crippen molar-refractivity contribution in [2.45, 2.75) is 19.8 Å². The Morgan fingerprint density at radius 2 is 1.79 bits per heavy atom. The van der Waals surface area contributed by atoms with Crippen molar-refractivity contribution in [3.63, 3.8) is 0 Å². The lowest BCUT2D eigenvalue weighted by molar-refractivity contribution is -0.132. The van der Waals surface area contributed by atoms with Crippen molar-refractivity contribution < 1.29 is 17.6 Å². The predicted octanol–water partition coefficient (Wildman–Crippen LogP) is 1.17. The molecule has 1 amide bonds. The molecule has 3 rings (SSSR count). The second kappa shape index (κ2) is 8.83. The standard InChI is InChI=1S/C19H26N4O4S/c1-15-3-5-16(6-4-15)19-21-20-17(27-19)7-8-18(24)23-11-9-22(10-12-23)13-14-28(2,25)26/h3-6H,7-14H2,1-2H3. The van der Waals surface area contributed by atoms with Crippen LogP contribution in [0.3, 0.4) is 0 Å². The van der Waals surface area contributed by atoms with Crippen LogP contribution in [0.5, 0.6) is 0 Å². The maximum Gasteiger partial charge on any atom is 0.247 e. The molecule has 1 fully saturated rings. The molecule has 1 saturated heterocycles. The minimum atomic E-state index is -2.96. The van der Waals surface area contributed by atoms with E-state index < -0.39 is 9.84 Å². The lowest BCUT2D eigenvalue weighted by Crippen LogP contribution is -2.49. The number of rotatable bonds is 7.